The van der Waals surface area contributed by atoms with Gasteiger partial charge in [-0.2, -0.15) is 0 Å². The molecule has 0 aliphatic rings. The van der Waals surface area contributed by atoms with Gasteiger partial charge in [0.15, 0.2) is 6.10 Å². The molecule has 0 bridgehead atoms. The number of carbonyl (C=O) groups is 3. The van der Waals surface area contributed by atoms with Gasteiger partial charge in [0.1, 0.15) is 13.2 Å². The molecule has 0 radical (unpaired) electrons. The highest BCUT2D eigenvalue weighted by atomic mass is 16.6. The molecule has 6 heteroatoms. The van der Waals surface area contributed by atoms with E-state index in [4.69, 9.17) is 14.2 Å². The maximum Gasteiger partial charge on any atom is 0.306 e. The highest BCUT2D eigenvalue weighted by molar-refractivity contribution is 5.71. The third-order valence-electron chi connectivity index (χ3n) is 10.7. The summed E-state index contributed by atoms with van der Waals surface area (Å²) in [5, 5.41) is 0. The van der Waals surface area contributed by atoms with Crippen LogP contribution in [0, 0.1) is 0 Å². The minimum atomic E-state index is -0.792. The minimum absolute atomic E-state index is 0.0914. The molecule has 0 aromatic heterocycles. The van der Waals surface area contributed by atoms with Crippen LogP contribution < -0.4 is 0 Å². The zero-order chi connectivity index (χ0) is 44.4. The van der Waals surface area contributed by atoms with Crippen LogP contribution in [0.3, 0.4) is 0 Å². The van der Waals surface area contributed by atoms with Gasteiger partial charge in [-0.1, -0.05) is 190 Å². The van der Waals surface area contributed by atoms with E-state index in [0.717, 1.165) is 128 Å². The maximum absolute atomic E-state index is 12.8. The van der Waals surface area contributed by atoms with Crippen LogP contribution in [0.15, 0.2) is 72.9 Å². The number of allylic oxidation sites excluding steroid dienone is 12. The molecule has 350 valence electrons. The molecule has 1 atom stereocenters. The Hall–Kier alpha value is -3.15. The van der Waals surface area contributed by atoms with Crippen LogP contribution in [0.2, 0.25) is 0 Å². The van der Waals surface area contributed by atoms with E-state index in [2.05, 4.69) is 93.7 Å². The Bertz CT molecular complexity index is 1160. The molecule has 1 unspecified atom stereocenters. The first kappa shape index (κ1) is 57.9. The van der Waals surface area contributed by atoms with Crippen molar-refractivity contribution in [2.75, 3.05) is 13.2 Å². The summed E-state index contributed by atoms with van der Waals surface area (Å²) in [4.78, 5) is 37.9. The van der Waals surface area contributed by atoms with Crippen molar-refractivity contribution in [2.45, 2.75) is 245 Å². The molecule has 0 fully saturated rings. The second-order valence-corrected chi connectivity index (χ2v) is 16.7. The van der Waals surface area contributed by atoms with Crippen LogP contribution in [0.25, 0.3) is 0 Å². The van der Waals surface area contributed by atoms with Crippen molar-refractivity contribution in [3.63, 3.8) is 0 Å². The predicted octanol–water partition coefficient (Wildman–Crippen LogP) is 16.6. The lowest BCUT2D eigenvalue weighted by Gasteiger charge is -2.18. The molecule has 0 aliphatic heterocycles. The lowest BCUT2D eigenvalue weighted by molar-refractivity contribution is -0.167. The molecule has 0 aromatic carbocycles. The second kappa shape index (κ2) is 49.5. The zero-order valence-corrected chi connectivity index (χ0v) is 39.9. The average molecular weight is 851 g/mol. The Kier molecular flexibility index (Phi) is 46.9. The maximum atomic E-state index is 12.8. The van der Waals surface area contributed by atoms with Gasteiger partial charge in [0, 0.05) is 19.3 Å². The lowest BCUT2D eigenvalue weighted by Crippen LogP contribution is -2.30. The van der Waals surface area contributed by atoms with Gasteiger partial charge in [-0.05, 0) is 103 Å². The van der Waals surface area contributed by atoms with Crippen LogP contribution in [0.1, 0.15) is 239 Å². The van der Waals surface area contributed by atoms with E-state index in [0.29, 0.717) is 19.3 Å². The van der Waals surface area contributed by atoms with Gasteiger partial charge >= 0.3 is 17.9 Å². The van der Waals surface area contributed by atoms with Crippen molar-refractivity contribution in [1.29, 1.82) is 0 Å². The van der Waals surface area contributed by atoms with Crippen molar-refractivity contribution in [1.82, 2.24) is 0 Å². The summed E-state index contributed by atoms with van der Waals surface area (Å²) in [6, 6.07) is 0. The monoisotopic (exact) mass is 851 g/mol. The molecule has 0 N–H and O–H groups in total. The molecule has 0 rings (SSSR count). The number of rotatable bonds is 45. The Labute approximate surface area is 376 Å². The molecule has 0 aromatic rings. The van der Waals surface area contributed by atoms with Crippen LogP contribution in [0.5, 0.6) is 0 Å². The normalized spacial score (nSPS) is 12.6. The molecule has 61 heavy (non-hydrogen) atoms. The number of esters is 3. The molecular weight excluding hydrogens is 757 g/mol. The minimum Gasteiger partial charge on any atom is -0.462 e. The molecule has 0 spiro atoms. The predicted molar refractivity (Wildman–Crippen MR) is 261 cm³/mol. The third kappa shape index (κ3) is 47.7. The number of hydrogen-bond acceptors (Lipinski definition) is 6. The summed E-state index contributed by atoms with van der Waals surface area (Å²) in [5.41, 5.74) is 0. The van der Waals surface area contributed by atoms with E-state index < -0.39 is 6.10 Å². The summed E-state index contributed by atoms with van der Waals surface area (Å²) in [6.07, 6.45) is 61.6. The SMILES string of the molecule is CC/C=C\C/C=C\C/C=C\CCCCCCCC(=O)OCC(COC(=O)CCCCCCC/C=C\CCCCCCC)OC(=O)CCCCCCC/C=C\C/C=C\CCCC. The van der Waals surface area contributed by atoms with Crippen LogP contribution in [-0.4, -0.2) is 37.2 Å². The molecular formula is C55H94O6. The Balaban J connectivity index is 4.45. The number of carbonyl (C=O) groups excluding carboxylic acids is 3. The van der Waals surface area contributed by atoms with Gasteiger partial charge in [0.05, 0.1) is 0 Å². The van der Waals surface area contributed by atoms with E-state index in [9.17, 15) is 14.4 Å². The van der Waals surface area contributed by atoms with Gasteiger partial charge in [-0.25, -0.2) is 0 Å². The molecule has 0 heterocycles. The smallest absolute Gasteiger partial charge is 0.306 e. The highest BCUT2D eigenvalue weighted by Crippen LogP contribution is 2.13. The summed E-state index contributed by atoms with van der Waals surface area (Å²) >= 11 is 0. The van der Waals surface area contributed by atoms with E-state index >= 15 is 0 Å². The van der Waals surface area contributed by atoms with Crippen molar-refractivity contribution < 1.29 is 28.6 Å². The van der Waals surface area contributed by atoms with Crippen molar-refractivity contribution in [3.8, 4) is 0 Å². The van der Waals surface area contributed by atoms with E-state index in [1.54, 1.807) is 0 Å². The molecule has 0 saturated heterocycles. The lowest BCUT2D eigenvalue weighted by atomic mass is 10.1. The van der Waals surface area contributed by atoms with Crippen molar-refractivity contribution >= 4 is 17.9 Å². The fourth-order valence-corrected chi connectivity index (χ4v) is 6.82. The average Bonchev–Trinajstić information content (AvgIpc) is 3.26. The second-order valence-electron chi connectivity index (χ2n) is 16.7. The van der Waals surface area contributed by atoms with Crippen LogP contribution >= 0.6 is 0 Å². The van der Waals surface area contributed by atoms with Crippen molar-refractivity contribution in [2.24, 2.45) is 0 Å². The van der Waals surface area contributed by atoms with Crippen LogP contribution in [-0.2, 0) is 28.6 Å². The topological polar surface area (TPSA) is 78.9 Å². The fourth-order valence-electron chi connectivity index (χ4n) is 6.82. The Morgan fingerprint density at radius 1 is 0.344 bits per heavy atom. The first-order valence-electron chi connectivity index (χ1n) is 25.4. The number of ether oxygens (including phenoxy) is 3. The summed E-state index contributed by atoms with van der Waals surface area (Å²) in [6.45, 7) is 6.44. The largest absolute Gasteiger partial charge is 0.462 e. The first-order chi connectivity index (χ1) is 30.0. The van der Waals surface area contributed by atoms with Gasteiger partial charge in [-0.15, -0.1) is 0 Å². The van der Waals surface area contributed by atoms with Crippen LogP contribution in [0.4, 0.5) is 0 Å². The standard InChI is InChI=1S/C55H94O6/c1-4-7-10-13-16-19-22-25-28-31-33-36-39-42-45-48-54(57)60-51-52(61-55(58)49-46-43-40-37-34-30-27-24-21-18-15-12-9-6-3)50-59-53(56)47-44-41-38-35-32-29-26-23-20-17-14-11-8-5-2/h7,10,15-16,18-19,23-28,52H,4-6,8-9,11-14,17,20-22,29-51H2,1-3H3/b10-7-,18-15-,19-16-,26-23-,27-24-,28-25-. The number of hydrogen-bond donors (Lipinski definition) is 0. The van der Waals surface area contributed by atoms with Gasteiger partial charge < -0.3 is 14.2 Å². The molecule has 6 nitrogen and oxygen atoms in total. The summed E-state index contributed by atoms with van der Waals surface area (Å²) in [7, 11) is 0. The Morgan fingerprint density at radius 3 is 1.07 bits per heavy atom. The highest BCUT2D eigenvalue weighted by Gasteiger charge is 2.19. The van der Waals surface area contributed by atoms with Crippen molar-refractivity contribution in [3.05, 3.63) is 72.9 Å². The van der Waals surface area contributed by atoms with Gasteiger partial charge in [0.2, 0.25) is 0 Å². The molecule has 0 amide bonds. The fraction of sp³-hybridized carbons (Fsp3) is 0.727. The quantitative estimate of drug-likeness (QED) is 0.0263. The van der Waals surface area contributed by atoms with Gasteiger partial charge in [0.25, 0.3) is 0 Å². The summed E-state index contributed by atoms with van der Waals surface area (Å²) < 4.78 is 16.8. The third-order valence-corrected chi connectivity index (χ3v) is 10.7. The van der Waals surface area contributed by atoms with E-state index in [-0.39, 0.29) is 31.1 Å². The first-order valence-corrected chi connectivity index (χ1v) is 25.4. The molecule has 0 saturated carbocycles. The Morgan fingerprint density at radius 2 is 0.656 bits per heavy atom. The van der Waals surface area contributed by atoms with Gasteiger partial charge in [-0.3, -0.25) is 14.4 Å². The number of unbranched alkanes of at least 4 members (excludes halogenated alkanes) is 22. The molecule has 0 aliphatic carbocycles. The van der Waals surface area contributed by atoms with E-state index in [1.165, 1.54) is 70.6 Å². The summed E-state index contributed by atoms with van der Waals surface area (Å²) in [5.74, 6) is -0.931. The van der Waals surface area contributed by atoms with E-state index in [1.807, 2.05) is 0 Å². The zero-order valence-electron chi connectivity index (χ0n) is 39.9.